The van der Waals surface area contributed by atoms with Crippen LogP contribution in [0.4, 0.5) is 0 Å². The first-order valence-corrected chi connectivity index (χ1v) is 12.1. The van der Waals surface area contributed by atoms with Crippen LogP contribution in [0.25, 0.3) is 0 Å². The average molecular weight is 323 g/mol. The van der Waals surface area contributed by atoms with E-state index >= 15 is 0 Å². The second kappa shape index (κ2) is 5.20. The van der Waals surface area contributed by atoms with Gasteiger partial charge in [0.25, 0.3) is 0 Å². The molecule has 0 radical (unpaired) electrons. The van der Waals surface area contributed by atoms with E-state index in [0.717, 1.165) is 12.8 Å². The van der Waals surface area contributed by atoms with E-state index in [1.807, 2.05) is 6.92 Å². The molecule has 3 nitrogen and oxygen atoms in total. The summed E-state index contributed by atoms with van der Waals surface area (Å²) in [5, 5.41) is 0. The highest BCUT2D eigenvalue weighted by atomic mass is 28.4. The first-order chi connectivity index (χ1) is 10.1. The van der Waals surface area contributed by atoms with Crippen LogP contribution < -0.4 is 0 Å². The topological polar surface area (TPSA) is 35.5 Å². The minimum absolute atomic E-state index is 0.00340. The summed E-state index contributed by atoms with van der Waals surface area (Å²) in [4.78, 5) is 12.1. The normalized spacial score (nSPS) is 47.8. The van der Waals surface area contributed by atoms with Crippen LogP contribution in [0.2, 0.25) is 19.6 Å². The third-order valence-corrected chi connectivity index (χ3v) is 7.04. The number of rotatable bonds is 2. The van der Waals surface area contributed by atoms with Crippen LogP contribution in [0.5, 0.6) is 0 Å². The Kier molecular flexibility index (Phi) is 3.84. The first-order valence-electron chi connectivity index (χ1n) is 8.70. The van der Waals surface area contributed by atoms with Gasteiger partial charge in [-0.2, -0.15) is 0 Å². The number of hydrogen-bond acceptors (Lipinski definition) is 3. The Hall–Kier alpha value is -0.613. The number of carbonyl (C=O) groups is 1. The molecular weight excluding hydrogens is 292 g/mol. The maximum absolute atomic E-state index is 12.1. The molecule has 0 aromatic rings. The molecule has 1 heterocycles. The van der Waals surface area contributed by atoms with E-state index in [1.165, 1.54) is 0 Å². The fourth-order valence-corrected chi connectivity index (χ4v) is 6.01. The van der Waals surface area contributed by atoms with Gasteiger partial charge in [-0.3, -0.25) is 4.79 Å². The van der Waals surface area contributed by atoms with Crippen molar-refractivity contribution in [1.82, 2.24) is 0 Å². The lowest BCUT2D eigenvalue weighted by molar-refractivity contribution is -0.151. The lowest BCUT2D eigenvalue weighted by Crippen LogP contribution is -2.52. The molecule has 0 N–H and O–H groups in total. The monoisotopic (exact) mass is 322 g/mol. The molecule has 3 rings (SSSR count). The summed E-state index contributed by atoms with van der Waals surface area (Å²) in [7, 11) is -1.59. The van der Waals surface area contributed by atoms with Gasteiger partial charge in [0.05, 0.1) is 12.0 Å². The van der Waals surface area contributed by atoms with Crippen LogP contribution in [0, 0.1) is 29.1 Å². The standard InChI is InChI=1S/C18H30O3Si/c1-11-13-7-9-18(3)10-8-14(21-22(4,5)6)12(2)15(18)16(13)20-17(11)19/h8,10-16H,7,9H2,1-6H3/t11-,12+,13-,14-,15+,16+,18-/m0/s1. The van der Waals surface area contributed by atoms with Crippen molar-refractivity contribution < 1.29 is 14.0 Å². The van der Waals surface area contributed by atoms with Gasteiger partial charge in [0.15, 0.2) is 8.32 Å². The Bertz CT molecular complexity index is 495. The van der Waals surface area contributed by atoms with Gasteiger partial charge >= 0.3 is 5.97 Å². The fraction of sp³-hybridized carbons (Fsp3) is 0.833. The fourth-order valence-electron chi connectivity index (χ4n) is 4.90. The van der Waals surface area contributed by atoms with Crippen LogP contribution >= 0.6 is 0 Å². The van der Waals surface area contributed by atoms with Crippen molar-refractivity contribution in [2.45, 2.75) is 65.5 Å². The highest BCUT2D eigenvalue weighted by molar-refractivity contribution is 6.69. The quantitative estimate of drug-likeness (QED) is 0.438. The predicted octanol–water partition coefficient (Wildman–Crippen LogP) is 4.01. The number of carbonyl (C=O) groups excluding carboxylic acids is 1. The smallest absolute Gasteiger partial charge is 0.309 e. The molecule has 0 amide bonds. The molecule has 22 heavy (non-hydrogen) atoms. The minimum atomic E-state index is -1.59. The van der Waals surface area contributed by atoms with Crippen molar-refractivity contribution in [3.05, 3.63) is 12.2 Å². The van der Waals surface area contributed by atoms with Gasteiger partial charge in [0.2, 0.25) is 0 Å². The molecule has 1 aliphatic heterocycles. The van der Waals surface area contributed by atoms with Gasteiger partial charge in [-0.15, -0.1) is 0 Å². The van der Waals surface area contributed by atoms with Crippen molar-refractivity contribution in [3.63, 3.8) is 0 Å². The average Bonchev–Trinajstić information content (AvgIpc) is 2.67. The number of allylic oxidation sites excluding steroid dienone is 1. The number of esters is 1. The van der Waals surface area contributed by atoms with Crippen molar-refractivity contribution in [3.8, 4) is 0 Å². The Morgan fingerprint density at radius 1 is 1.32 bits per heavy atom. The van der Waals surface area contributed by atoms with Gasteiger partial charge in [-0.1, -0.05) is 32.9 Å². The Morgan fingerprint density at radius 3 is 2.64 bits per heavy atom. The van der Waals surface area contributed by atoms with Crippen molar-refractivity contribution in [2.75, 3.05) is 0 Å². The molecule has 7 atom stereocenters. The minimum Gasteiger partial charge on any atom is -0.461 e. The molecule has 2 fully saturated rings. The van der Waals surface area contributed by atoms with Gasteiger partial charge in [-0.25, -0.2) is 0 Å². The summed E-state index contributed by atoms with van der Waals surface area (Å²) in [5.74, 6) is 1.24. The third-order valence-electron chi connectivity index (χ3n) is 6.06. The molecule has 124 valence electrons. The number of hydrogen-bond donors (Lipinski definition) is 0. The summed E-state index contributed by atoms with van der Waals surface area (Å²) in [6.45, 7) is 13.4. The zero-order valence-corrected chi connectivity index (χ0v) is 15.8. The third kappa shape index (κ3) is 2.58. The first kappa shape index (κ1) is 16.3. The summed E-state index contributed by atoms with van der Waals surface area (Å²) in [6.07, 6.45) is 7.13. The Labute approximate surface area is 135 Å². The van der Waals surface area contributed by atoms with E-state index in [0.29, 0.717) is 17.8 Å². The van der Waals surface area contributed by atoms with E-state index in [2.05, 4.69) is 45.6 Å². The van der Waals surface area contributed by atoms with Crippen molar-refractivity contribution in [2.24, 2.45) is 29.1 Å². The molecule has 1 saturated heterocycles. The molecule has 3 aliphatic rings. The molecular formula is C18H30O3Si. The van der Waals surface area contributed by atoms with Gasteiger partial charge in [0, 0.05) is 11.8 Å². The zero-order chi connectivity index (χ0) is 16.3. The van der Waals surface area contributed by atoms with E-state index < -0.39 is 8.32 Å². The van der Waals surface area contributed by atoms with Crippen LogP contribution in [0.3, 0.4) is 0 Å². The van der Waals surface area contributed by atoms with Gasteiger partial charge in [0.1, 0.15) is 6.10 Å². The maximum Gasteiger partial charge on any atom is 0.309 e. The molecule has 1 saturated carbocycles. The van der Waals surface area contributed by atoms with Crippen LogP contribution in [-0.2, 0) is 14.0 Å². The largest absolute Gasteiger partial charge is 0.461 e. The van der Waals surface area contributed by atoms with Crippen LogP contribution in [0.15, 0.2) is 12.2 Å². The van der Waals surface area contributed by atoms with Crippen molar-refractivity contribution >= 4 is 14.3 Å². The van der Waals surface area contributed by atoms with E-state index in [-0.39, 0.29) is 29.5 Å². The lowest BCUT2D eigenvalue weighted by Gasteiger charge is -2.52. The zero-order valence-electron chi connectivity index (χ0n) is 14.8. The highest BCUT2D eigenvalue weighted by Crippen LogP contribution is 2.56. The SMILES string of the molecule is C[C@H]1[C@@H]2[C@@H]3OC(=O)[C@@H](C)[C@@H]3CC[C@@]2(C)C=C[C@@H]1O[Si](C)(C)C. The molecule has 0 aromatic heterocycles. The molecule has 0 aromatic carbocycles. The summed E-state index contributed by atoms with van der Waals surface area (Å²) < 4.78 is 12.2. The molecule has 0 unspecified atom stereocenters. The second-order valence-electron chi connectivity index (χ2n) is 8.84. The molecule has 4 heteroatoms. The van der Waals surface area contributed by atoms with Crippen LogP contribution in [0.1, 0.15) is 33.6 Å². The second-order valence-corrected chi connectivity index (χ2v) is 13.3. The van der Waals surface area contributed by atoms with E-state index in [4.69, 9.17) is 9.16 Å². The van der Waals surface area contributed by atoms with Crippen molar-refractivity contribution in [1.29, 1.82) is 0 Å². The van der Waals surface area contributed by atoms with Gasteiger partial charge in [-0.05, 0) is 43.8 Å². The number of ether oxygens (including phenoxy) is 1. The summed E-state index contributed by atoms with van der Waals surface area (Å²) >= 11 is 0. The lowest BCUT2D eigenvalue weighted by atomic mass is 9.55. The van der Waals surface area contributed by atoms with E-state index in [9.17, 15) is 4.79 Å². The van der Waals surface area contributed by atoms with Gasteiger partial charge < -0.3 is 9.16 Å². The highest BCUT2D eigenvalue weighted by Gasteiger charge is 2.57. The Morgan fingerprint density at radius 2 is 2.00 bits per heavy atom. The molecule has 2 aliphatic carbocycles. The summed E-state index contributed by atoms with van der Waals surface area (Å²) in [5.41, 5.74) is 0.143. The van der Waals surface area contributed by atoms with E-state index in [1.54, 1.807) is 0 Å². The predicted molar refractivity (Wildman–Crippen MR) is 89.9 cm³/mol. The summed E-state index contributed by atoms with van der Waals surface area (Å²) in [6, 6.07) is 0. The maximum atomic E-state index is 12.1. The number of fused-ring (bicyclic) bond motifs is 3. The molecule has 0 spiro atoms. The Balaban J connectivity index is 1.90. The van der Waals surface area contributed by atoms with Crippen LogP contribution in [-0.4, -0.2) is 26.5 Å². The molecule has 0 bridgehead atoms.